The topological polar surface area (TPSA) is 81.0 Å². The predicted molar refractivity (Wildman–Crippen MR) is 74.3 cm³/mol. The van der Waals surface area contributed by atoms with Crippen LogP contribution in [0.2, 0.25) is 10.6 Å². The molecule has 0 radical (unpaired) electrons. The van der Waals surface area contributed by atoms with E-state index in [9.17, 15) is 8.78 Å². The zero-order valence-electron chi connectivity index (χ0n) is 11.0. The van der Waals surface area contributed by atoms with E-state index in [1.54, 1.807) is 0 Å². The van der Waals surface area contributed by atoms with Crippen LogP contribution >= 0.6 is 23.2 Å². The van der Waals surface area contributed by atoms with Gasteiger partial charge in [-0.2, -0.15) is 0 Å². The molecule has 3 rings (SSSR count). The molecule has 0 bridgehead atoms. The van der Waals surface area contributed by atoms with Crippen molar-refractivity contribution in [3.05, 3.63) is 35.4 Å². The molecule has 1 atom stereocenters. The van der Waals surface area contributed by atoms with Crippen molar-refractivity contribution in [3.63, 3.8) is 0 Å². The zero-order chi connectivity index (χ0) is 16.2. The first-order chi connectivity index (χ1) is 10.4. The standard InChI is InChI=1S/C8H7ClF2N2O.C4H3ClN2O/c9-7-12-2-6(3-13-7)14-4-5-1-8(5,10)11;5-4-6-1-3(8)2-7-4/h2-3,5H,1,4H2;1-2,8H. The minimum absolute atomic E-state index is 0.00199. The summed E-state index contributed by atoms with van der Waals surface area (Å²) in [6.07, 6.45) is 5.08. The summed E-state index contributed by atoms with van der Waals surface area (Å²) in [7, 11) is 0. The highest BCUT2D eigenvalue weighted by Gasteiger charge is 2.57. The Labute approximate surface area is 134 Å². The Morgan fingerprint density at radius 1 is 1.09 bits per heavy atom. The average Bonchev–Trinajstić information content (AvgIpc) is 3.10. The van der Waals surface area contributed by atoms with E-state index in [-0.39, 0.29) is 29.3 Å². The molecule has 1 unspecified atom stereocenters. The van der Waals surface area contributed by atoms with Gasteiger partial charge in [0.25, 0.3) is 5.92 Å². The molecule has 1 aliphatic carbocycles. The monoisotopic (exact) mass is 350 g/mol. The minimum atomic E-state index is -2.55. The molecular formula is C12H10Cl2F2N4O2. The molecule has 2 heterocycles. The Balaban J connectivity index is 0.000000188. The van der Waals surface area contributed by atoms with Crippen LogP contribution in [-0.4, -0.2) is 37.6 Å². The van der Waals surface area contributed by atoms with E-state index in [0.717, 1.165) is 0 Å². The van der Waals surface area contributed by atoms with Crippen LogP contribution in [0.15, 0.2) is 24.8 Å². The third-order valence-corrected chi connectivity index (χ3v) is 3.00. The summed E-state index contributed by atoms with van der Waals surface area (Å²) in [6, 6.07) is 0. The Hall–Kier alpha value is -1.80. The van der Waals surface area contributed by atoms with E-state index >= 15 is 0 Å². The number of halogens is 4. The highest BCUT2D eigenvalue weighted by atomic mass is 35.5. The maximum atomic E-state index is 12.4. The first kappa shape index (κ1) is 16.6. The van der Waals surface area contributed by atoms with Gasteiger partial charge in [-0.1, -0.05) is 0 Å². The van der Waals surface area contributed by atoms with Crippen LogP contribution in [0.1, 0.15) is 6.42 Å². The van der Waals surface area contributed by atoms with Crippen LogP contribution in [0.4, 0.5) is 8.78 Å². The number of aromatic hydroxyl groups is 1. The van der Waals surface area contributed by atoms with Crippen molar-refractivity contribution in [3.8, 4) is 11.5 Å². The molecule has 0 spiro atoms. The molecule has 1 aliphatic rings. The second-order valence-corrected chi connectivity index (χ2v) is 5.05. The zero-order valence-corrected chi connectivity index (χ0v) is 12.5. The van der Waals surface area contributed by atoms with Crippen molar-refractivity contribution in [2.75, 3.05) is 6.61 Å². The van der Waals surface area contributed by atoms with E-state index < -0.39 is 11.8 Å². The fourth-order valence-corrected chi connectivity index (χ4v) is 1.52. The molecule has 1 N–H and O–H groups in total. The van der Waals surface area contributed by atoms with Gasteiger partial charge in [-0.3, -0.25) is 0 Å². The number of rotatable bonds is 3. The fourth-order valence-electron chi connectivity index (χ4n) is 1.33. The van der Waals surface area contributed by atoms with Crippen LogP contribution in [0.25, 0.3) is 0 Å². The summed E-state index contributed by atoms with van der Waals surface area (Å²) < 4.78 is 29.9. The second kappa shape index (κ2) is 6.97. The molecule has 10 heteroatoms. The average molecular weight is 351 g/mol. The van der Waals surface area contributed by atoms with E-state index in [2.05, 4.69) is 19.9 Å². The number of aromatic nitrogens is 4. The number of hydrogen-bond acceptors (Lipinski definition) is 6. The summed E-state index contributed by atoms with van der Waals surface area (Å²) in [5.41, 5.74) is 0. The first-order valence-electron chi connectivity index (χ1n) is 6.01. The van der Waals surface area contributed by atoms with Gasteiger partial charge in [0.05, 0.1) is 37.3 Å². The van der Waals surface area contributed by atoms with E-state index in [0.29, 0.717) is 5.75 Å². The lowest BCUT2D eigenvalue weighted by Crippen LogP contribution is -2.05. The molecule has 22 heavy (non-hydrogen) atoms. The Morgan fingerprint density at radius 3 is 1.95 bits per heavy atom. The number of ether oxygens (including phenoxy) is 1. The number of nitrogens with zero attached hydrogens (tertiary/aromatic N) is 4. The van der Waals surface area contributed by atoms with Crippen molar-refractivity contribution in [2.24, 2.45) is 5.92 Å². The Bertz CT molecular complexity index is 593. The molecule has 0 saturated heterocycles. The van der Waals surface area contributed by atoms with Gasteiger partial charge in [-0.15, -0.1) is 0 Å². The molecular weight excluding hydrogens is 341 g/mol. The third-order valence-electron chi connectivity index (χ3n) is 2.61. The molecule has 1 saturated carbocycles. The van der Waals surface area contributed by atoms with E-state index in [4.69, 9.17) is 33.0 Å². The van der Waals surface area contributed by atoms with Crippen molar-refractivity contribution in [2.45, 2.75) is 12.3 Å². The normalized spacial score (nSPS) is 18.1. The van der Waals surface area contributed by atoms with E-state index in [1.807, 2.05) is 0 Å². The lowest BCUT2D eigenvalue weighted by Gasteiger charge is -2.03. The number of alkyl halides is 2. The maximum absolute atomic E-state index is 12.4. The molecule has 6 nitrogen and oxygen atoms in total. The van der Waals surface area contributed by atoms with Crippen LogP contribution in [-0.2, 0) is 0 Å². The highest BCUT2D eigenvalue weighted by molar-refractivity contribution is 6.28. The van der Waals surface area contributed by atoms with Gasteiger partial charge in [0.2, 0.25) is 10.6 Å². The summed E-state index contributed by atoms with van der Waals surface area (Å²) in [5, 5.41) is 8.82. The van der Waals surface area contributed by atoms with Crippen molar-refractivity contribution in [1.82, 2.24) is 19.9 Å². The Kier molecular flexibility index (Phi) is 5.25. The van der Waals surface area contributed by atoms with Gasteiger partial charge in [0.15, 0.2) is 11.5 Å². The van der Waals surface area contributed by atoms with Crippen molar-refractivity contribution >= 4 is 23.2 Å². The van der Waals surface area contributed by atoms with Gasteiger partial charge in [-0.25, -0.2) is 28.7 Å². The van der Waals surface area contributed by atoms with Crippen molar-refractivity contribution in [1.29, 1.82) is 0 Å². The molecule has 0 aliphatic heterocycles. The van der Waals surface area contributed by atoms with Gasteiger partial charge >= 0.3 is 0 Å². The van der Waals surface area contributed by atoms with Gasteiger partial charge in [-0.05, 0) is 23.2 Å². The minimum Gasteiger partial charge on any atom is -0.505 e. The van der Waals surface area contributed by atoms with Crippen LogP contribution < -0.4 is 4.74 Å². The number of hydrogen-bond donors (Lipinski definition) is 1. The fraction of sp³-hybridized carbons (Fsp3) is 0.333. The van der Waals surface area contributed by atoms with Crippen LogP contribution in [0.3, 0.4) is 0 Å². The predicted octanol–water partition coefficient (Wildman–Crippen LogP) is 3.00. The molecule has 0 aromatic carbocycles. The lowest BCUT2D eigenvalue weighted by molar-refractivity contribution is 0.0855. The summed E-state index contributed by atoms with van der Waals surface area (Å²) in [5.74, 6) is -2.84. The third kappa shape index (κ3) is 5.19. The highest BCUT2D eigenvalue weighted by Crippen LogP contribution is 2.48. The van der Waals surface area contributed by atoms with Gasteiger partial charge < -0.3 is 9.84 Å². The SMILES string of the molecule is FC1(F)CC1COc1cnc(Cl)nc1.Oc1cnc(Cl)nc1. The summed E-state index contributed by atoms with van der Waals surface area (Å²) >= 11 is 10.7. The first-order valence-corrected chi connectivity index (χ1v) is 6.77. The maximum Gasteiger partial charge on any atom is 0.255 e. The van der Waals surface area contributed by atoms with Crippen molar-refractivity contribution < 1.29 is 18.6 Å². The van der Waals surface area contributed by atoms with Crippen LogP contribution in [0.5, 0.6) is 11.5 Å². The Morgan fingerprint density at radius 2 is 1.55 bits per heavy atom. The van der Waals surface area contributed by atoms with E-state index in [1.165, 1.54) is 24.8 Å². The molecule has 2 aromatic heterocycles. The molecule has 0 amide bonds. The molecule has 2 aromatic rings. The summed E-state index contributed by atoms with van der Waals surface area (Å²) in [6.45, 7) is -0.00199. The molecule has 118 valence electrons. The van der Waals surface area contributed by atoms with Crippen LogP contribution in [0, 0.1) is 5.92 Å². The smallest absolute Gasteiger partial charge is 0.255 e. The van der Waals surface area contributed by atoms with Gasteiger partial charge in [0, 0.05) is 6.42 Å². The quantitative estimate of drug-likeness (QED) is 0.857. The molecule has 1 fully saturated rings. The largest absolute Gasteiger partial charge is 0.505 e. The lowest BCUT2D eigenvalue weighted by atomic mass is 10.4. The second-order valence-electron chi connectivity index (χ2n) is 4.37. The van der Waals surface area contributed by atoms with Gasteiger partial charge in [0.1, 0.15) is 0 Å². The summed E-state index contributed by atoms with van der Waals surface area (Å²) in [4.78, 5) is 14.3.